The highest BCUT2D eigenvalue weighted by molar-refractivity contribution is 5.82. The van der Waals surface area contributed by atoms with E-state index in [1.54, 1.807) is 11.1 Å². The van der Waals surface area contributed by atoms with E-state index in [0.717, 1.165) is 5.82 Å². The van der Waals surface area contributed by atoms with Crippen molar-refractivity contribution in [2.24, 2.45) is 5.92 Å². The summed E-state index contributed by atoms with van der Waals surface area (Å²) in [5.74, 6) is 0.0318. The van der Waals surface area contributed by atoms with Crippen LogP contribution in [-0.4, -0.2) is 44.1 Å². The summed E-state index contributed by atoms with van der Waals surface area (Å²) in [5, 5.41) is 11.7. The van der Waals surface area contributed by atoms with Gasteiger partial charge in [-0.2, -0.15) is 0 Å². The summed E-state index contributed by atoms with van der Waals surface area (Å²) in [5.41, 5.74) is 0. The van der Waals surface area contributed by atoms with Gasteiger partial charge in [0.05, 0.1) is 6.54 Å². The van der Waals surface area contributed by atoms with Crippen molar-refractivity contribution >= 4 is 12.0 Å². The van der Waals surface area contributed by atoms with E-state index >= 15 is 0 Å². The van der Waals surface area contributed by atoms with Crippen LogP contribution in [0.1, 0.15) is 26.1 Å². The Hall–Kier alpha value is -2.05. The molecule has 1 aliphatic heterocycles. The van der Waals surface area contributed by atoms with Crippen molar-refractivity contribution in [2.75, 3.05) is 6.54 Å². The molecule has 2 amide bonds. The standard InChI is InChI=1S/C13H20N4O3/c1-9(2)7-10(12(18)19)15-13(20)17-6-5-16-4-3-14-11(16)8-17/h3-4,9-10H,5-8H2,1-2H3,(H,15,20)(H,18,19)/t10-/m0/s1. The van der Waals surface area contributed by atoms with Gasteiger partial charge in [0.25, 0.3) is 0 Å². The molecule has 0 aromatic carbocycles. The zero-order chi connectivity index (χ0) is 14.7. The van der Waals surface area contributed by atoms with Crippen LogP contribution in [-0.2, 0) is 17.9 Å². The van der Waals surface area contributed by atoms with Gasteiger partial charge in [-0.3, -0.25) is 0 Å². The van der Waals surface area contributed by atoms with Crippen molar-refractivity contribution in [2.45, 2.75) is 39.4 Å². The molecule has 0 saturated heterocycles. The molecule has 20 heavy (non-hydrogen) atoms. The van der Waals surface area contributed by atoms with Crippen molar-refractivity contribution in [3.05, 3.63) is 18.2 Å². The molecule has 0 unspecified atom stereocenters. The highest BCUT2D eigenvalue weighted by Crippen LogP contribution is 2.11. The van der Waals surface area contributed by atoms with E-state index in [4.69, 9.17) is 5.11 Å². The number of carbonyl (C=O) groups excluding carboxylic acids is 1. The Labute approximate surface area is 117 Å². The molecule has 2 N–H and O–H groups in total. The minimum atomic E-state index is -0.995. The lowest BCUT2D eigenvalue weighted by Gasteiger charge is -2.29. The Balaban J connectivity index is 1.96. The van der Waals surface area contributed by atoms with Crippen LogP contribution >= 0.6 is 0 Å². The lowest BCUT2D eigenvalue weighted by molar-refractivity contribution is -0.139. The molecule has 2 rings (SSSR count). The average Bonchev–Trinajstić information content (AvgIpc) is 2.84. The molecule has 0 aliphatic carbocycles. The molecule has 0 spiro atoms. The minimum absolute atomic E-state index is 0.205. The number of carbonyl (C=O) groups is 2. The fourth-order valence-electron chi connectivity index (χ4n) is 2.28. The molecule has 1 aliphatic rings. The Kier molecular flexibility index (Phi) is 4.26. The number of nitrogens with one attached hydrogen (secondary N) is 1. The van der Waals surface area contributed by atoms with E-state index in [0.29, 0.717) is 26.1 Å². The molecular formula is C13H20N4O3. The maximum absolute atomic E-state index is 12.1. The molecular weight excluding hydrogens is 260 g/mol. The molecule has 1 aromatic heterocycles. The first-order valence-corrected chi connectivity index (χ1v) is 6.75. The lowest BCUT2D eigenvalue weighted by atomic mass is 10.0. The first kappa shape index (κ1) is 14.4. The number of aromatic nitrogens is 2. The number of fused-ring (bicyclic) bond motifs is 1. The second-order valence-corrected chi connectivity index (χ2v) is 5.43. The van der Waals surface area contributed by atoms with Crippen LogP contribution in [0.25, 0.3) is 0 Å². The van der Waals surface area contributed by atoms with Gasteiger partial charge < -0.3 is 19.9 Å². The fraction of sp³-hybridized carbons (Fsp3) is 0.615. The first-order valence-electron chi connectivity index (χ1n) is 6.75. The van der Waals surface area contributed by atoms with E-state index in [2.05, 4.69) is 10.3 Å². The molecule has 1 aromatic rings. The third kappa shape index (κ3) is 3.28. The maximum atomic E-state index is 12.1. The number of rotatable bonds is 4. The predicted molar refractivity (Wildman–Crippen MR) is 72.0 cm³/mol. The Morgan fingerprint density at radius 1 is 1.45 bits per heavy atom. The minimum Gasteiger partial charge on any atom is -0.480 e. The van der Waals surface area contributed by atoms with Crippen molar-refractivity contribution in [3.63, 3.8) is 0 Å². The van der Waals surface area contributed by atoms with E-state index in [1.165, 1.54) is 0 Å². The molecule has 0 saturated carbocycles. The van der Waals surface area contributed by atoms with Gasteiger partial charge in [0.15, 0.2) is 0 Å². The number of hydrogen-bond acceptors (Lipinski definition) is 3. The third-order valence-electron chi connectivity index (χ3n) is 3.33. The molecule has 0 bridgehead atoms. The smallest absolute Gasteiger partial charge is 0.326 e. The SMILES string of the molecule is CC(C)C[C@H](NC(=O)N1CCn2ccnc2C1)C(=O)O. The van der Waals surface area contributed by atoms with Gasteiger partial charge in [0, 0.05) is 25.5 Å². The monoisotopic (exact) mass is 280 g/mol. The number of nitrogens with zero attached hydrogens (tertiary/aromatic N) is 3. The van der Waals surface area contributed by atoms with Crippen LogP contribution in [0.3, 0.4) is 0 Å². The number of carboxylic acid groups (broad SMARTS) is 1. The van der Waals surface area contributed by atoms with Gasteiger partial charge >= 0.3 is 12.0 Å². The summed E-state index contributed by atoms with van der Waals surface area (Å²) >= 11 is 0. The average molecular weight is 280 g/mol. The Morgan fingerprint density at radius 2 is 2.20 bits per heavy atom. The number of hydrogen-bond donors (Lipinski definition) is 2. The van der Waals surface area contributed by atoms with Crippen LogP contribution in [0.4, 0.5) is 4.79 Å². The van der Waals surface area contributed by atoms with Gasteiger partial charge in [0.1, 0.15) is 11.9 Å². The lowest BCUT2D eigenvalue weighted by Crippen LogP contribution is -2.50. The quantitative estimate of drug-likeness (QED) is 0.858. The fourth-order valence-corrected chi connectivity index (χ4v) is 2.28. The van der Waals surface area contributed by atoms with Crippen molar-refractivity contribution < 1.29 is 14.7 Å². The van der Waals surface area contributed by atoms with Crippen LogP contribution in [0.5, 0.6) is 0 Å². The van der Waals surface area contributed by atoms with Gasteiger partial charge in [-0.25, -0.2) is 14.6 Å². The molecule has 2 heterocycles. The van der Waals surface area contributed by atoms with Crippen molar-refractivity contribution in [1.82, 2.24) is 19.8 Å². The van der Waals surface area contributed by atoms with Crippen LogP contribution < -0.4 is 5.32 Å². The third-order valence-corrected chi connectivity index (χ3v) is 3.33. The molecule has 7 nitrogen and oxygen atoms in total. The number of imidazole rings is 1. The van der Waals surface area contributed by atoms with Crippen molar-refractivity contribution in [3.8, 4) is 0 Å². The number of carboxylic acids is 1. The van der Waals surface area contributed by atoms with Gasteiger partial charge in [-0.05, 0) is 12.3 Å². The van der Waals surface area contributed by atoms with Crippen LogP contribution in [0, 0.1) is 5.92 Å². The van der Waals surface area contributed by atoms with Gasteiger partial charge in [-0.15, -0.1) is 0 Å². The van der Waals surface area contributed by atoms with E-state index < -0.39 is 12.0 Å². The molecule has 0 radical (unpaired) electrons. The highest BCUT2D eigenvalue weighted by Gasteiger charge is 2.26. The zero-order valence-electron chi connectivity index (χ0n) is 11.7. The van der Waals surface area contributed by atoms with E-state index in [-0.39, 0.29) is 11.9 Å². The summed E-state index contributed by atoms with van der Waals surface area (Å²) < 4.78 is 1.99. The molecule has 1 atom stereocenters. The van der Waals surface area contributed by atoms with E-state index in [1.807, 2.05) is 24.6 Å². The summed E-state index contributed by atoms with van der Waals surface area (Å²) in [6, 6.07) is -1.18. The van der Waals surface area contributed by atoms with Gasteiger partial charge in [-0.1, -0.05) is 13.8 Å². The largest absolute Gasteiger partial charge is 0.480 e. The Bertz CT molecular complexity index is 498. The predicted octanol–water partition coefficient (Wildman–Crippen LogP) is 0.908. The number of amides is 2. The van der Waals surface area contributed by atoms with Gasteiger partial charge in [0.2, 0.25) is 0 Å². The Morgan fingerprint density at radius 3 is 2.85 bits per heavy atom. The molecule has 0 fully saturated rings. The first-order chi connectivity index (χ1) is 9.47. The van der Waals surface area contributed by atoms with Crippen LogP contribution in [0.2, 0.25) is 0 Å². The summed E-state index contributed by atoms with van der Waals surface area (Å²) in [6.45, 7) is 5.51. The molecule has 7 heteroatoms. The second-order valence-electron chi connectivity index (χ2n) is 5.43. The molecule has 110 valence electrons. The van der Waals surface area contributed by atoms with Crippen LogP contribution in [0.15, 0.2) is 12.4 Å². The zero-order valence-corrected chi connectivity index (χ0v) is 11.7. The summed E-state index contributed by atoms with van der Waals surface area (Å²) in [6.07, 6.45) is 4.00. The number of urea groups is 1. The topological polar surface area (TPSA) is 87.5 Å². The normalized spacial score (nSPS) is 15.8. The second kappa shape index (κ2) is 5.94. The summed E-state index contributed by atoms with van der Waals surface area (Å²) in [7, 11) is 0. The van der Waals surface area contributed by atoms with Crippen molar-refractivity contribution in [1.29, 1.82) is 0 Å². The van der Waals surface area contributed by atoms with E-state index in [9.17, 15) is 9.59 Å². The number of aliphatic carboxylic acids is 1. The summed E-state index contributed by atoms with van der Waals surface area (Å²) in [4.78, 5) is 29.1. The highest BCUT2D eigenvalue weighted by atomic mass is 16.4. The maximum Gasteiger partial charge on any atom is 0.326 e.